The maximum atomic E-state index is 5.50. The van der Waals surface area contributed by atoms with Crippen molar-refractivity contribution >= 4 is 11.6 Å². The van der Waals surface area contributed by atoms with Crippen LogP contribution in [0.15, 0.2) is 0 Å². The van der Waals surface area contributed by atoms with E-state index in [0.29, 0.717) is 0 Å². The molecule has 6 nitrogen and oxygen atoms in total. The summed E-state index contributed by atoms with van der Waals surface area (Å²) in [5.41, 5.74) is 3.68. The molecule has 1 aliphatic rings. The summed E-state index contributed by atoms with van der Waals surface area (Å²) in [6, 6.07) is 0. The summed E-state index contributed by atoms with van der Waals surface area (Å²) in [7, 11) is 0. The molecule has 0 spiro atoms. The molecule has 1 fully saturated rings. The Kier molecular flexibility index (Phi) is 3.75. The van der Waals surface area contributed by atoms with Crippen LogP contribution in [0.4, 0.5) is 11.6 Å². The summed E-state index contributed by atoms with van der Waals surface area (Å²) >= 11 is 0. The number of rotatable bonds is 3. The molecule has 17 heavy (non-hydrogen) atoms. The Bertz CT molecular complexity index is 386. The second kappa shape index (κ2) is 5.29. The largest absolute Gasteiger partial charge is 0.354 e. The normalized spacial score (nSPS) is 16.1. The van der Waals surface area contributed by atoms with Crippen molar-refractivity contribution in [1.82, 2.24) is 15.3 Å². The highest BCUT2D eigenvalue weighted by atomic mass is 15.3. The molecule has 0 bridgehead atoms. The van der Waals surface area contributed by atoms with Crippen molar-refractivity contribution in [3.05, 3.63) is 11.4 Å². The molecule has 2 rings (SSSR count). The fourth-order valence-corrected chi connectivity index (χ4v) is 2.03. The molecule has 1 aliphatic heterocycles. The number of nitrogens with one attached hydrogen (secondary N) is 2. The van der Waals surface area contributed by atoms with E-state index in [1.54, 1.807) is 0 Å². The van der Waals surface area contributed by atoms with Crippen LogP contribution in [0.3, 0.4) is 0 Å². The van der Waals surface area contributed by atoms with Gasteiger partial charge in [0.05, 0.1) is 0 Å². The van der Waals surface area contributed by atoms with E-state index in [0.717, 1.165) is 55.6 Å². The smallest absolute Gasteiger partial charge is 0.148 e. The minimum Gasteiger partial charge on any atom is -0.354 e. The van der Waals surface area contributed by atoms with Crippen LogP contribution in [0.1, 0.15) is 18.3 Å². The van der Waals surface area contributed by atoms with Crippen molar-refractivity contribution in [2.45, 2.75) is 20.3 Å². The molecule has 6 heteroatoms. The first-order chi connectivity index (χ1) is 8.26. The second-order valence-electron chi connectivity index (χ2n) is 4.17. The maximum Gasteiger partial charge on any atom is 0.148 e. The maximum absolute atomic E-state index is 5.50. The first kappa shape index (κ1) is 12.1. The van der Waals surface area contributed by atoms with Gasteiger partial charge in [-0.2, -0.15) is 0 Å². The number of aromatic nitrogens is 2. The molecule has 0 aliphatic carbocycles. The fraction of sp³-hybridized carbons (Fsp3) is 0.636. The van der Waals surface area contributed by atoms with Gasteiger partial charge in [-0.15, -0.1) is 0 Å². The average molecular weight is 236 g/mol. The Balaban J connectivity index is 2.36. The van der Waals surface area contributed by atoms with Crippen molar-refractivity contribution in [3.63, 3.8) is 0 Å². The highest BCUT2D eigenvalue weighted by molar-refractivity contribution is 5.58. The van der Waals surface area contributed by atoms with Crippen LogP contribution in [0.25, 0.3) is 0 Å². The highest BCUT2D eigenvalue weighted by Gasteiger charge is 2.17. The molecule has 1 aromatic rings. The standard InChI is InChI=1S/C11H20N6/c1-3-9-14-10(16-12)8(2)11(15-9)17-6-4-13-5-7-17/h13H,3-7,12H2,1-2H3,(H,14,15,16). The quantitative estimate of drug-likeness (QED) is 0.508. The van der Waals surface area contributed by atoms with Crippen LogP contribution in [0.5, 0.6) is 0 Å². The van der Waals surface area contributed by atoms with Crippen LogP contribution in [-0.2, 0) is 6.42 Å². The number of nitrogens with two attached hydrogens (primary N) is 1. The summed E-state index contributed by atoms with van der Waals surface area (Å²) in [4.78, 5) is 11.3. The third kappa shape index (κ3) is 2.48. The predicted octanol–water partition coefficient (Wildman–Crippen LogP) is 0.0426. The van der Waals surface area contributed by atoms with Crippen LogP contribution >= 0.6 is 0 Å². The van der Waals surface area contributed by atoms with Gasteiger partial charge in [-0.05, 0) is 6.92 Å². The molecule has 2 heterocycles. The van der Waals surface area contributed by atoms with E-state index in [-0.39, 0.29) is 0 Å². The summed E-state index contributed by atoms with van der Waals surface area (Å²) in [5.74, 6) is 8.07. The molecule has 0 amide bonds. The summed E-state index contributed by atoms with van der Waals surface area (Å²) < 4.78 is 0. The molecule has 1 aromatic heterocycles. The number of hydrogen-bond acceptors (Lipinski definition) is 6. The molecule has 4 N–H and O–H groups in total. The lowest BCUT2D eigenvalue weighted by atomic mass is 10.2. The lowest BCUT2D eigenvalue weighted by Crippen LogP contribution is -2.44. The molecule has 94 valence electrons. The summed E-state index contributed by atoms with van der Waals surface area (Å²) in [6.45, 7) is 8.00. The topological polar surface area (TPSA) is 79.1 Å². The Hall–Kier alpha value is -1.40. The zero-order chi connectivity index (χ0) is 12.3. The van der Waals surface area contributed by atoms with E-state index in [2.05, 4.69) is 25.6 Å². The van der Waals surface area contributed by atoms with E-state index in [4.69, 9.17) is 5.84 Å². The first-order valence-electron chi connectivity index (χ1n) is 6.06. The summed E-state index contributed by atoms with van der Waals surface area (Å²) in [6.07, 6.45) is 0.814. The molecule has 0 aromatic carbocycles. The number of aryl methyl sites for hydroxylation is 1. The molecule has 0 saturated carbocycles. The molecule has 0 atom stereocenters. The van der Waals surface area contributed by atoms with Gasteiger partial charge in [-0.3, -0.25) is 0 Å². The monoisotopic (exact) mass is 236 g/mol. The van der Waals surface area contributed by atoms with Gasteiger partial charge in [0, 0.05) is 38.2 Å². The van der Waals surface area contributed by atoms with Crippen molar-refractivity contribution in [2.24, 2.45) is 5.84 Å². The van der Waals surface area contributed by atoms with Crippen LogP contribution in [-0.4, -0.2) is 36.1 Å². The van der Waals surface area contributed by atoms with E-state index in [9.17, 15) is 0 Å². The van der Waals surface area contributed by atoms with Crippen LogP contribution in [0, 0.1) is 6.92 Å². The van der Waals surface area contributed by atoms with E-state index in [1.807, 2.05) is 13.8 Å². The number of nitrogen functional groups attached to an aromatic ring is 1. The van der Waals surface area contributed by atoms with E-state index < -0.39 is 0 Å². The second-order valence-corrected chi connectivity index (χ2v) is 4.17. The molecular formula is C11H20N6. The minimum atomic E-state index is 0.727. The Morgan fingerprint density at radius 3 is 2.65 bits per heavy atom. The average Bonchev–Trinajstić information content (AvgIpc) is 2.40. The Morgan fingerprint density at radius 1 is 1.35 bits per heavy atom. The molecule has 0 radical (unpaired) electrons. The fourth-order valence-electron chi connectivity index (χ4n) is 2.03. The number of hydrogen-bond donors (Lipinski definition) is 3. The third-order valence-corrected chi connectivity index (χ3v) is 3.04. The first-order valence-corrected chi connectivity index (χ1v) is 6.06. The van der Waals surface area contributed by atoms with Gasteiger partial charge < -0.3 is 15.6 Å². The van der Waals surface area contributed by atoms with E-state index >= 15 is 0 Å². The van der Waals surface area contributed by atoms with Gasteiger partial charge in [0.15, 0.2) is 0 Å². The minimum absolute atomic E-state index is 0.727. The van der Waals surface area contributed by atoms with Gasteiger partial charge in [0.1, 0.15) is 17.5 Å². The SMILES string of the molecule is CCc1nc(NN)c(C)c(N2CCNCC2)n1. The summed E-state index contributed by atoms with van der Waals surface area (Å²) in [5, 5.41) is 3.34. The Labute approximate surface area is 102 Å². The number of hydrazine groups is 1. The van der Waals surface area contributed by atoms with Gasteiger partial charge in [0.25, 0.3) is 0 Å². The van der Waals surface area contributed by atoms with Crippen molar-refractivity contribution in [3.8, 4) is 0 Å². The Morgan fingerprint density at radius 2 is 2.06 bits per heavy atom. The number of piperazine rings is 1. The van der Waals surface area contributed by atoms with Gasteiger partial charge in [-0.25, -0.2) is 15.8 Å². The highest BCUT2D eigenvalue weighted by Crippen LogP contribution is 2.23. The van der Waals surface area contributed by atoms with Gasteiger partial charge in [-0.1, -0.05) is 6.92 Å². The van der Waals surface area contributed by atoms with Crippen molar-refractivity contribution in [2.75, 3.05) is 36.5 Å². The zero-order valence-electron chi connectivity index (χ0n) is 10.5. The van der Waals surface area contributed by atoms with Crippen molar-refractivity contribution < 1.29 is 0 Å². The molecular weight excluding hydrogens is 216 g/mol. The van der Waals surface area contributed by atoms with Gasteiger partial charge >= 0.3 is 0 Å². The number of nitrogens with zero attached hydrogens (tertiary/aromatic N) is 3. The van der Waals surface area contributed by atoms with Crippen LogP contribution in [0.2, 0.25) is 0 Å². The molecule has 1 saturated heterocycles. The lowest BCUT2D eigenvalue weighted by molar-refractivity contribution is 0.582. The van der Waals surface area contributed by atoms with E-state index in [1.165, 1.54) is 0 Å². The predicted molar refractivity (Wildman–Crippen MR) is 69.0 cm³/mol. The molecule has 0 unspecified atom stereocenters. The lowest BCUT2D eigenvalue weighted by Gasteiger charge is -2.30. The van der Waals surface area contributed by atoms with Gasteiger partial charge in [0.2, 0.25) is 0 Å². The zero-order valence-corrected chi connectivity index (χ0v) is 10.5. The van der Waals surface area contributed by atoms with Crippen molar-refractivity contribution in [1.29, 1.82) is 0 Å². The number of anilines is 2. The van der Waals surface area contributed by atoms with Crippen LogP contribution < -0.4 is 21.5 Å². The third-order valence-electron chi connectivity index (χ3n) is 3.04.